The van der Waals surface area contributed by atoms with Crippen LogP contribution in [0.4, 0.5) is 83.4 Å². The smallest absolute Gasteiger partial charge is 0.519 e. The molecule has 0 saturated heterocycles. The van der Waals surface area contributed by atoms with Crippen LogP contribution in [0.25, 0.3) is 54.2 Å². The number of hydrogen-bond acceptors (Lipinski definition) is 2. The SMILES string of the molecule is Fc1ccc2c(c1F)-c1c(F)c(F)c(F)c(OB(Oc3c(F)c(F)c4c(F)c(F)c5c(F)c(F)c(F)c6c(F)c(F)c3c4c56)c3c(F)c(F)c(F)c4c(F)c(F)ccc34)c1C2. The summed E-state index contributed by atoms with van der Waals surface area (Å²) in [5.41, 5.74) is -5.78. The molecule has 0 N–H and O–H groups in total. The van der Waals surface area contributed by atoms with Crippen molar-refractivity contribution in [3.8, 4) is 22.6 Å². The van der Waals surface area contributed by atoms with Gasteiger partial charge in [-0.1, -0.05) is 12.1 Å². The Hall–Kier alpha value is -6.61. The van der Waals surface area contributed by atoms with Gasteiger partial charge in [-0.25, -0.2) is 74.6 Å². The van der Waals surface area contributed by atoms with Crippen LogP contribution in [-0.2, 0) is 6.42 Å². The molecule has 0 bridgehead atoms. The summed E-state index contributed by atoms with van der Waals surface area (Å²) in [7, 11) is -3.57. The highest BCUT2D eigenvalue weighted by Gasteiger charge is 2.44. The largest absolute Gasteiger partial charge is 0.636 e. The van der Waals surface area contributed by atoms with E-state index in [4.69, 9.17) is 9.31 Å². The number of hydrogen-bond donors (Lipinski definition) is 0. The Morgan fingerprint density at radius 1 is 0.328 bits per heavy atom. The Labute approximate surface area is 323 Å². The van der Waals surface area contributed by atoms with Crippen molar-refractivity contribution in [2.75, 3.05) is 0 Å². The van der Waals surface area contributed by atoms with Crippen LogP contribution in [-0.4, -0.2) is 7.12 Å². The minimum Gasteiger partial charge on any atom is -0.519 e. The Morgan fingerprint density at radius 2 is 0.754 bits per heavy atom. The first-order valence-electron chi connectivity index (χ1n) is 16.5. The van der Waals surface area contributed by atoms with Crippen molar-refractivity contribution in [3.63, 3.8) is 0 Å². The average Bonchev–Trinajstić information content (AvgIpc) is 3.62. The van der Waals surface area contributed by atoms with Gasteiger partial charge in [0.1, 0.15) is 5.75 Å². The maximum atomic E-state index is 16.2. The Bertz CT molecular complexity index is 3330. The van der Waals surface area contributed by atoms with Gasteiger partial charge in [-0.3, -0.25) is 0 Å². The molecule has 0 radical (unpaired) electrons. The zero-order valence-corrected chi connectivity index (χ0v) is 28.6. The van der Waals surface area contributed by atoms with Gasteiger partial charge in [-0.15, -0.1) is 0 Å². The van der Waals surface area contributed by atoms with Crippen LogP contribution >= 0.6 is 0 Å². The molecule has 0 saturated carbocycles. The summed E-state index contributed by atoms with van der Waals surface area (Å²) in [6.45, 7) is 0. The van der Waals surface area contributed by atoms with E-state index in [9.17, 15) is 13.2 Å². The summed E-state index contributed by atoms with van der Waals surface area (Å²) in [6, 6.07) is 1.59. The molecular weight excluding hydrogens is 872 g/mol. The lowest BCUT2D eigenvalue weighted by Crippen LogP contribution is -2.46. The normalized spacial score (nSPS) is 12.4. The Balaban J connectivity index is 1.41. The van der Waals surface area contributed by atoms with E-state index >= 15 is 70.2 Å². The van der Waals surface area contributed by atoms with Crippen molar-refractivity contribution in [3.05, 3.63) is 146 Å². The molecule has 1 aliphatic rings. The number of halogens is 19. The molecule has 0 spiro atoms. The molecule has 8 aromatic carbocycles. The zero-order valence-electron chi connectivity index (χ0n) is 28.6. The molecule has 0 aliphatic heterocycles. The predicted octanol–water partition coefficient (Wildman–Crippen LogP) is 11.8. The lowest BCUT2D eigenvalue weighted by molar-refractivity contribution is 0.375. The van der Waals surface area contributed by atoms with E-state index in [0.717, 1.165) is 6.07 Å². The molecule has 0 unspecified atom stereocenters. The van der Waals surface area contributed by atoms with Crippen LogP contribution in [0, 0.1) is 111 Å². The van der Waals surface area contributed by atoms with Crippen LogP contribution < -0.4 is 14.8 Å². The molecule has 0 heterocycles. The van der Waals surface area contributed by atoms with Gasteiger partial charge in [0.15, 0.2) is 110 Å². The Morgan fingerprint density at radius 3 is 1.36 bits per heavy atom. The van der Waals surface area contributed by atoms with Crippen LogP contribution in [0.15, 0.2) is 24.3 Å². The minimum absolute atomic E-state index is 0.101. The second-order valence-electron chi connectivity index (χ2n) is 13.3. The number of benzene rings is 8. The third-order valence-corrected chi connectivity index (χ3v) is 10.3. The quantitative estimate of drug-likeness (QED) is 0.0742. The van der Waals surface area contributed by atoms with Gasteiger partial charge in [0.25, 0.3) is 0 Å². The van der Waals surface area contributed by atoms with E-state index in [0.29, 0.717) is 6.07 Å². The van der Waals surface area contributed by atoms with E-state index in [1.807, 2.05) is 0 Å². The van der Waals surface area contributed by atoms with Gasteiger partial charge in [0.2, 0.25) is 5.82 Å². The summed E-state index contributed by atoms with van der Waals surface area (Å²) >= 11 is 0. The van der Waals surface area contributed by atoms with Crippen molar-refractivity contribution in [1.82, 2.24) is 0 Å². The van der Waals surface area contributed by atoms with Gasteiger partial charge >= 0.3 is 7.12 Å². The molecule has 0 amide bonds. The number of rotatable bonds is 5. The van der Waals surface area contributed by atoms with E-state index < -0.39 is 206 Å². The van der Waals surface area contributed by atoms with Crippen LogP contribution in [0.1, 0.15) is 11.1 Å². The summed E-state index contributed by atoms with van der Waals surface area (Å²) in [6.07, 6.45) is -0.973. The Kier molecular flexibility index (Phi) is 8.62. The molecule has 0 fully saturated rings. The maximum Gasteiger partial charge on any atom is 0.636 e. The third kappa shape index (κ3) is 5.03. The lowest BCUT2D eigenvalue weighted by atomic mass is 9.74. The highest BCUT2D eigenvalue weighted by molar-refractivity contribution is 6.66. The molecule has 61 heavy (non-hydrogen) atoms. The van der Waals surface area contributed by atoms with Gasteiger partial charge in [0, 0.05) is 33.9 Å². The van der Waals surface area contributed by atoms with Crippen molar-refractivity contribution < 1.29 is 92.7 Å². The van der Waals surface area contributed by atoms with E-state index in [1.54, 1.807) is 0 Å². The fraction of sp³-hybridized carbons (Fsp3) is 0.0256. The van der Waals surface area contributed by atoms with Crippen molar-refractivity contribution >= 4 is 55.7 Å². The lowest BCUT2D eigenvalue weighted by Gasteiger charge is -2.24. The predicted molar refractivity (Wildman–Crippen MR) is 175 cm³/mol. The van der Waals surface area contributed by atoms with Gasteiger partial charge in [0.05, 0.1) is 32.4 Å². The molecule has 0 atom stereocenters. The van der Waals surface area contributed by atoms with Gasteiger partial charge < -0.3 is 9.31 Å². The minimum atomic E-state index is -3.57. The maximum absolute atomic E-state index is 16.2. The second kappa shape index (κ2) is 13.2. The van der Waals surface area contributed by atoms with Crippen molar-refractivity contribution in [2.45, 2.75) is 6.42 Å². The van der Waals surface area contributed by atoms with Gasteiger partial charge in [-0.2, -0.15) is 8.78 Å². The molecule has 22 heteroatoms. The first-order valence-corrected chi connectivity index (χ1v) is 16.5. The summed E-state index contributed by atoms with van der Waals surface area (Å²) in [4.78, 5) is 0. The summed E-state index contributed by atoms with van der Waals surface area (Å²) < 4.78 is 302. The second-order valence-corrected chi connectivity index (χ2v) is 13.3. The number of fused-ring (bicyclic) bond motifs is 4. The zero-order chi connectivity index (χ0) is 44.2. The highest BCUT2D eigenvalue weighted by Crippen LogP contribution is 2.50. The molecule has 310 valence electrons. The first-order chi connectivity index (χ1) is 28.7. The van der Waals surface area contributed by atoms with Crippen LogP contribution in [0.2, 0.25) is 0 Å². The van der Waals surface area contributed by atoms with Crippen molar-refractivity contribution in [1.29, 1.82) is 0 Å². The molecule has 2 nitrogen and oxygen atoms in total. The fourth-order valence-corrected chi connectivity index (χ4v) is 7.66. The summed E-state index contributed by atoms with van der Waals surface area (Å²) in [5, 5.41) is -15.0. The average molecular weight is 878 g/mol. The summed E-state index contributed by atoms with van der Waals surface area (Å²) in [5.74, 6) is -51.4. The van der Waals surface area contributed by atoms with Gasteiger partial charge in [-0.05, 0) is 23.1 Å². The van der Waals surface area contributed by atoms with Crippen LogP contribution in [0.5, 0.6) is 11.5 Å². The monoisotopic (exact) mass is 878 g/mol. The van der Waals surface area contributed by atoms with E-state index in [2.05, 4.69) is 0 Å². The third-order valence-electron chi connectivity index (χ3n) is 10.3. The first kappa shape index (κ1) is 39.8. The molecule has 1 aliphatic carbocycles. The fourth-order valence-electron chi connectivity index (χ4n) is 7.66. The topological polar surface area (TPSA) is 18.5 Å². The van der Waals surface area contributed by atoms with Crippen LogP contribution in [0.3, 0.4) is 0 Å². The molecule has 9 rings (SSSR count). The van der Waals surface area contributed by atoms with E-state index in [-0.39, 0.29) is 12.1 Å². The molecular formula is C39H6BF19O2. The molecule has 0 aromatic heterocycles. The van der Waals surface area contributed by atoms with Crippen molar-refractivity contribution in [2.24, 2.45) is 0 Å². The standard InChI is InChI=1S/C39H6BF19O2/c41-9-3-1-6-5-8-12(11(6)21(9)43)23(45)35(57)37(59)38(8)60-40(20-7-2-4-10(42)22(44)13(7)24(46)34(56)32(20)54)61-39-19-15-14-16(25(47)26(48)18(15)30(52)36(39)58)28(50)33(55)29(51)17(14)27(49)31(19)53/h1-4H,5H2. The van der Waals surface area contributed by atoms with E-state index in [1.165, 1.54) is 0 Å². The molecule has 8 aromatic rings. The highest BCUT2D eigenvalue weighted by atomic mass is 19.2.